The molecule has 0 bridgehead atoms. The highest BCUT2D eigenvalue weighted by Crippen LogP contribution is 2.69. The topological polar surface area (TPSA) is 57.2 Å². The number of aliphatic hydroxyl groups is 1. The molecule has 0 aromatic carbocycles. The Kier molecular flexibility index (Phi) is 21.8. The van der Waals surface area contributed by atoms with Crippen LogP contribution < -0.4 is 0 Å². The van der Waals surface area contributed by atoms with E-state index in [2.05, 4.69) is 157 Å². The van der Waals surface area contributed by atoms with Gasteiger partial charge in [0.05, 0.1) is 22.4 Å². The average Bonchev–Trinajstić information content (AvgIpc) is 1.87. The summed E-state index contributed by atoms with van der Waals surface area (Å²) in [6.45, 7) is 52.8. The smallest absolute Gasteiger partial charge is 0.0688 e. The van der Waals surface area contributed by atoms with E-state index in [4.69, 9.17) is 24.1 Å². The molecular formula is C80H140O5. The summed E-state index contributed by atoms with van der Waals surface area (Å²) in [6.07, 6.45) is 45.2. The predicted molar refractivity (Wildman–Crippen MR) is 361 cm³/mol. The van der Waals surface area contributed by atoms with Gasteiger partial charge in [-0.25, -0.2) is 0 Å². The third-order valence-corrected chi connectivity index (χ3v) is 29.1. The molecule has 5 heteroatoms. The lowest BCUT2D eigenvalue weighted by atomic mass is 9.45. The van der Waals surface area contributed by atoms with Crippen molar-refractivity contribution in [3.8, 4) is 0 Å². The molecule has 0 unspecified atom stereocenters. The highest BCUT2D eigenvalue weighted by molar-refractivity contribution is 5.14. The van der Waals surface area contributed by atoms with Crippen LogP contribution in [0.15, 0.2) is 34.9 Å². The Balaban J connectivity index is 0.000000138. The van der Waals surface area contributed by atoms with Crippen LogP contribution in [0, 0.1) is 90.7 Å². The van der Waals surface area contributed by atoms with Gasteiger partial charge in [-0.3, -0.25) is 0 Å². The van der Waals surface area contributed by atoms with E-state index < -0.39 is 0 Å². The molecule has 4 aliphatic heterocycles. The van der Waals surface area contributed by atoms with E-state index >= 15 is 0 Å². The Morgan fingerprint density at radius 2 is 0.565 bits per heavy atom. The monoisotopic (exact) mass is 1180 g/mol. The molecule has 8 aliphatic carbocycles. The number of ether oxygens (including phenoxy) is 4. The van der Waals surface area contributed by atoms with Crippen molar-refractivity contribution in [2.75, 3.05) is 33.0 Å². The van der Waals surface area contributed by atoms with Crippen molar-refractivity contribution >= 4 is 0 Å². The molecule has 490 valence electrons. The van der Waals surface area contributed by atoms with Gasteiger partial charge < -0.3 is 24.1 Å². The minimum absolute atomic E-state index is 0.207. The lowest BCUT2D eigenvalue weighted by Crippen LogP contribution is -2.55. The quantitative estimate of drug-likeness (QED) is 0.246. The minimum atomic E-state index is 0.207. The van der Waals surface area contributed by atoms with Crippen LogP contribution in [0.4, 0.5) is 0 Å². The summed E-state index contributed by atoms with van der Waals surface area (Å²) in [6, 6.07) is 0. The van der Waals surface area contributed by atoms with Gasteiger partial charge in [0, 0.05) is 33.0 Å². The summed E-state index contributed by atoms with van der Waals surface area (Å²) in [5.74, 6) is 6.93. The van der Waals surface area contributed by atoms with Crippen molar-refractivity contribution in [2.45, 2.75) is 347 Å². The molecule has 1 N–H and O–H groups in total. The fourth-order valence-electron chi connectivity index (χ4n) is 24.9. The third kappa shape index (κ3) is 14.3. The summed E-state index contributed by atoms with van der Waals surface area (Å²) in [7, 11) is 0. The normalized spacial score (nSPS) is 44.9. The Morgan fingerprint density at radius 1 is 0.318 bits per heavy atom. The van der Waals surface area contributed by atoms with Gasteiger partial charge in [-0.1, -0.05) is 144 Å². The van der Waals surface area contributed by atoms with Crippen LogP contribution in [-0.4, -0.2) is 60.5 Å². The number of hydrogen-bond acceptors (Lipinski definition) is 5. The maximum absolute atomic E-state index is 8.71. The van der Waals surface area contributed by atoms with Gasteiger partial charge in [0.1, 0.15) is 0 Å². The number of hydrogen-bond donors (Lipinski definition) is 1. The molecule has 0 spiro atoms. The molecule has 16 atom stereocenters. The Hall–Kier alpha value is -0.980. The van der Waals surface area contributed by atoms with Gasteiger partial charge in [-0.05, 0) is 307 Å². The van der Waals surface area contributed by atoms with E-state index in [1.165, 1.54) is 177 Å². The Labute approximate surface area is 527 Å². The lowest BCUT2D eigenvalue weighted by Gasteiger charge is -2.60. The molecule has 0 aromatic heterocycles. The molecule has 0 aromatic rings. The fourth-order valence-corrected chi connectivity index (χ4v) is 24.9. The van der Waals surface area contributed by atoms with Crippen molar-refractivity contribution in [1.29, 1.82) is 0 Å². The molecular weight excluding hydrogens is 1040 g/mol. The highest BCUT2D eigenvalue weighted by atomic mass is 16.5. The van der Waals surface area contributed by atoms with Crippen LogP contribution in [0.25, 0.3) is 0 Å². The maximum Gasteiger partial charge on any atom is 0.0688 e. The molecule has 12 rings (SSSR count). The molecule has 12 aliphatic rings. The first-order valence-corrected chi connectivity index (χ1v) is 36.7. The maximum atomic E-state index is 8.71. The van der Waals surface area contributed by atoms with E-state index in [0.717, 1.165) is 99.5 Å². The van der Waals surface area contributed by atoms with Gasteiger partial charge in [0.25, 0.3) is 0 Å². The SMILES string of the molecule is CC(C)=CCC/C(C)=C/CC/C(C)=C/CCO.CC1(C)CCC[C@@]2(C)[C@H]1CC[C@@]1(C)OCC[C@@H]21.CC1(C)CCC[C@@]2(C)[C@H]1CC[C@]1(C)OCC[C@@H]21.CC1(C)CCC[C@]2(C)[C@H]3CCO[C@@]3(C)CC[C@@H]12.CC1(C)CCC[C@]2(C)[C@H]3CCO[C@]3(C)CC[C@@H]12. The van der Waals surface area contributed by atoms with E-state index in [1.54, 1.807) is 0 Å². The average molecular weight is 1180 g/mol. The van der Waals surface area contributed by atoms with Crippen molar-refractivity contribution < 1.29 is 24.1 Å². The van der Waals surface area contributed by atoms with Gasteiger partial charge in [-0.15, -0.1) is 0 Å². The fraction of sp³-hybridized carbons (Fsp3) is 0.925. The number of rotatable bonds is 8. The molecule has 8 saturated carbocycles. The largest absolute Gasteiger partial charge is 0.396 e. The first-order valence-electron chi connectivity index (χ1n) is 36.7. The van der Waals surface area contributed by atoms with Gasteiger partial charge in [0.15, 0.2) is 0 Å². The number of fused-ring (bicyclic) bond motifs is 12. The van der Waals surface area contributed by atoms with Crippen LogP contribution in [-0.2, 0) is 18.9 Å². The summed E-state index contributed by atoms with van der Waals surface area (Å²) < 4.78 is 24.5. The highest BCUT2D eigenvalue weighted by Gasteiger charge is 2.64. The molecule has 4 saturated heterocycles. The zero-order chi connectivity index (χ0) is 62.3. The van der Waals surface area contributed by atoms with Crippen LogP contribution in [0.2, 0.25) is 0 Å². The summed E-state index contributed by atoms with van der Waals surface area (Å²) in [5, 5.41) is 8.71. The predicted octanol–water partition coefficient (Wildman–Crippen LogP) is 22.4. The van der Waals surface area contributed by atoms with Crippen LogP contribution >= 0.6 is 0 Å². The summed E-state index contributed by atoms with van der Waals surface area (Å²) in [4.78, 5) is 0. The zero-order valence-corrected chi connectivity index (χ0v) is 60.0. The molecule has 85 heavy (non-hydrogen) atoms. The molecule has 5 nitrogen and oxygen atoms in total. The first kappa shape index (κ1) is 69.9. The summed E-state index contributed by atoms with van der Waals surface area (Å²) in [5.41, 5.74) is 9.49. The van der Waals surface area contributed by atoms with Crippen LogP contribution in [0.1, 0.15) is 325 Å². The molecule has 12 fully saturated rings. The molecule has 0 radical (unpaired) electrons. The Morgan fingerprint density at radius 3 is 0.812 bits per heavy atom. The molecule has 0 amide bonds. The van der Waals surface area contributed by atoms with E-state index in [-0.39, 0.29) is 29.0 Å². The van der Waals surface area contributed by atoms with Crippen molar-refractivity contribution in [3.63, 3.8) is 0 Å². The van der Waals surface area contributed by atoms with Crippen LogP contribution in [0.5, 0.6) is 0 Å². The zero-order valence-electron chi connectivity index (χ0n) is 60.0. The van der Waals surface area contributed by atoms with Gasteiger partial charge >= 0.3 is 0 Å². The van der Waals surface area contributed by atoms with Gasteiger partial charge in [0.2, 0.25) is 0 Å². The van der Waals surface area contributed by atoms with E-state index in [1.807, 2.05) is 0 Å². The number of allylic oxidation sites excluding steroid dienone is 5. The second-order valence-corrected chi connectivity index (χ2v) is 36.7. The van der Waals surface area contributed by atoms with Gasteiger partial charge in [-0.2, -0.15) is 0 Å². The van der Waals surface area contributed by atoms with Crippen LogP contribution in [0.3, 0.4) is 0 Å². The second-order valence-electron chi connectivity index (χ2n) is 36.7. The van der Waals surface area contributed by atoms with Crippen molar-refractivity contribution in [2.24, 2.45) is 90.7 Å². The Bertz CT molecular complexity index is 2030. The second kappa shape index (κ2) is 26.6. The van der Waals surface area contributed by atoms with Crippen molar-refractivity contribution in [1.82, 2.24) is 0 Å². The first-order chi connectivity index (χ1) is 39.6. The van der Waals surface area contributed by atoms with Crippen molar-refractivity contribution in [3.05, 3.63) is 34.9 Å². The van der Waals surface area contributed by atoms with E-state index in [9.17, 15) is 0 Å². The van der Waals surface area contributed by atoms with E-state index in [0.29, 0.717) is 43.3 Å². The third-order valence-electron chi connectivity index (χ3n) is 29.1. The summed E-state index contributed by atoms with van der Waals surface area (Å²) >= 11 is 0. The standard InChI is InChI=1S/5C16H28O/c4*1-14(2)8-5-9-15(3)12(14)6-10-16(4)13(15)7-11-17-16;1-14(2)8-5-9-15(3)10-6-11-16(4)12-7-13-17/h4*12-13H,5-11H2,1-4H3;8,10,12,17H,5-7,9,11,13H2,1-4H3/b;;;;15-10+,16-12+/t12-,13+,15-,16+;12-,13+,15-,16-;12-,13-,15-,16+;12-,13-,15-,16-;/m0000./s1. The minimum Gasteiger partial charge on any atom is -0.396 e. The molecule has 4 heterocycles. The number of aliphatic hydroxyl groups excluding tert-OH is 1. The lowest BCUT2D eigenvalue weighted by molar-refractivity contribution is -0.147.